The van der Waals surface area contributed by atoms with Crippen LogP contribution in [-0.4, -0.2) is 103 Å². The first-order chi connectivity index (χ1) is 10.6. The van der Waals surface area contributed by atoms with Gasteiger partial charge in [0.2, 0.25) is 6.29 Å². The van der Waals surface area contributed by atoms with Crippen LogP contribution in [0, 0.1) is 0 Å². The summed E-state index contributed by atoms with van der Waals surface area (Å²) in [7, 11) is 0. The van der Waals surface area contributed by atoms with E-state index in [9.17, 15) is 40.2 Å². The fourth-order valence-corrected chi connectivity index (χ4v) is 1.90. The minimum Gasteiger partial charge on any atom is -0.431 e. The van der Waals surface area contributed by atoms with Gasteiger partial charge in [-0.05, 0) is 6.92 Å². The van der Waals surface area contributed by atoms with Gasteiger partial charge in [-0.3, -0.25) is 0 Å². The molecule has 0 bridgehead atoms. The van der Waals surface area contributed by atoms with E-state index in [1.165, 1.54) is 6.92 Å². The number of hydrogen-bond donors (Lipinski definition) is 7. The van der Waals surface area contributed by atoms with Crippen LogP contribution < -0.4 is 0 Å². The molecule has 1 aliphatic heterocycles. The third-order valence-corrected chi connectivity index (χ3v) is 3.44. The molecular formula is C12H20O11. The molecule has 9 atom stereocenters. The summed E-state index contributed by atoms with van der Waals surface area (Å²) in [5.74, 6) is -1.55. The number of carbonyl (C=O) groups is 2. The Morgan fingerprint density at radius 3 is 2.13 bits per heavy atom. The van der Waals surface area contributed by atoms with Crippen LogP contribution in [0.2, 0.25) is 0 Å². The van der Waals surface area contributed by atoms with Crippen LogP contribution in [0.25, 0.3) is 0 Å². The molecule has 0 saturated carbocycles. The monoisotopic (exact) mass is 340 g/mol. The number of esters is 1. The number of aldehydes is 1. The fourth-order valence-electron chi connectivity index (χ4n) is 1.90. The zero-order chi connectivity index (χ0) is 17.9. The topological polar surface area (TPSA) is 194 Å². The molecule has 0 spiro atoms. The predicted molar refractivity (Wildman–Crippen MR) is 68.5 cm³/mol. The molecule has 0 radical (unpaired) electrons. The quantitative estimate of drug-likeness (QED) is 0.181. The highest BCUT2D eigenvalue weighted by Gasteiger charge is 2.45. The molecule has 0 aromatic rings. The number of carbonyl (C=O) groups excluding carboxylic acids is 2. The highest BCUT2D eigenvalue weighted by molar-refractivity contribution is 5.75. The number of aliphatic hydroxyl groups excluding tert-OH is 7. The molecule has 23 heavy (non-hydrogen) atoms. The molecular weight excluding hydrogens is 320 g/mol. The first-order valence-corrected chi connectivity index (χ1v) is 6.69. The van der Waals surface area contributed by atoms with Crippen molar-refractivity contribution in [3.05, 3.63) is 0 Å². The lowest BCUT2D eigenvalue weighted by atomic mass is 10.00. The van der Waals surface area contributed by atoms with Crippen LogP contribution in [0.15, 0.2) is 0 Å². The first-order valence-electron chi connectivity index (χ1n) is 6.69. The summed E-state index contributed by atoms with van der Waals surface area (Å²) in [5, 5.41) is 66.0. The van der Waals surface area contributed by atoms with E-state index < -0.39 is 61.1 Å². The molecule has 0 aliphatic carbocycles. The van der Waals surface area contributed by atoms with Crippen LogP contribution in [0.4, 0.5) is 0 Å². The first kappa shape index (κ1) is 19.9. The molecule has 0 aromatic heterocycles. The summed E-state index contributed by atoms with van der Waals surface area (Å²) in [6.07, 6.45) is -16.6. The van der Waals surface area contributed by atoms with Crippen LogP contribution in [0.3, 0.4) is 0 Å². The van der Waals surface area contributed by atoms with Gasteiger partial charge in [-0.1, -0.05) is 0 Å². The van der Waals surface area contributed by atoms with E-state index in [2.05, 4.69) is 4.74 Å². The zero-order valence-corrected chi connectivity index (χ0v) is 12.0. The van der Waals surface area contributed by atoms with Gasteiger partial charge in [-0.25, -0.2) is 4.79 Å². The van der Waals surface area contributed by atoms with Crippen molar-refractivity contribution in [2.45, 2.75) is 62.0 Å². The maximum atomic E-state index is 11.7. The third-order valence-electron chi connectivity index (χ3n) is 3.44. The number of rotatable bonds is 6. The van der Waals surface area contributed by atoms with E-state index in [-0.39, 0.29) is 6.29 Å². The molecule has 11 heteroatoms. The highest BCUT2D eigenvalue weighted by Crippen LogP contribution is 2.22. The van der Waals surface area contributed by atoms with Gasteiger partial charge >= 0.3 is 5.97 Å². The summed E-state index contributed by atoms with van der Waals surface area (Å²) in [4.78, 5) is 21.9. The maximum absolute atomic E-state index is 11.7. The normalized spacial score (nSPS) is 36.6. The van der Waals surface area contributed by atoms with Gasteiger partial charge in [0.1, 0.15) is 36.6 Å². The van der Waals surface area contributed by atoms with E-state index in [4.69, 9.17) is 9.84 Å². The minimum atomic E-state index is -2.37. The molecule has 1 heterocycles. The van der Waals surface area contributed by atoms with E-state index >= 15 is 0 Å². The number of hydrogen-bond acceptors (Lipinski definition) is 11. The molecule has 1 aliphatic rings. The summed E-state index contributed by atoms with van der Waals surface area (Å²) in [5.41, 5.74) is 0. The van der Waals surface area contributed by atoms with Crippen molar-refractivity contribution in [3.63, 3.8) is 0 Å². The van der Waals surface area contributed by atoms with Crippen molar-refractivity contribution >= 4 is 12.3 Å². The van der Waals surface area contributed by atoms with Gasteiger partial charge in [0.05, 0.1) is 6.10 Å². The minimum absolute atomic E-state index is 0.112. The molecule has 0 amide bonds. The van der Waals surface area contributed by atoms with Crippen molar-refractivity contribution in [1.82, 2.24) is 0 Å². The second-order valence-corrected chi connectivity index (χ2v) is 5.17. The van der Waals surface area contributed by atoms with Crippen molar-refractivity contribution < 1.29 is 54.8 Å². The Morgan fingerprint density at radius 1 is 1.04 bits per heavy atom. The van der Waals surface area contributed by atoms with E-state index in [1.54, 1.807) is 0 Å². The summed E-state index contributed by atoms with van der Waals surface area (Å²) in [6.45, 7) is 1.33. The smallest absolute Gasteiger partial charge is 0.340 e. The van der Waals surface area contributed by atoms with Crippen molar-refractivity contribution in [2.24, 2.45) is 0 Å². The van der Waals surface area contributed by atoms with Crippen LogP contribution >= 0.6 is 0 Å². The lowest BCUT2D eigenvalue weighted by molar-refractivity contribution is -0.288. The van der Waals surface area contributed by atoms with Gasteiger partial charge in [0.25, 0.3) is 0 Å². The Balaban J connectivity index is 2.69. The Kier molecular flexibility index (Phi) is 6.98. The van der Waals surface area contributed by atoms with Crippen molar-refractivity contribution in [3.8, 4) is 0 Å². The molecule has 7 N–H and O–H groups in total. The zero-order valence-electron chi connectivity index (χ0n) is 12.0. The lowest BCUT2D eigenvalue weighted by Gasteiger charge is -2.38. The van der Waals surface area contributed by atoms with Crippen LogP contribution in [0.1, 0.15) is 6.92 Å². The third kappa shape index (κ3) is 4.43. The van der Waals surface area contributed by atoms with Crippen LogP contribution in [0.5, 0.6) is 0 Å². The number of ether oxygens (including phenoxy) is 2. The molecule has 1 fully saturated rings. The van der Waals surface area contributed by atoms with Gasteiger partial charge in [0.15, 0.2) is 12.4 Å². The standard InChI is InChI=1S/C12H20O11/c1-3-5(15)7(17)10(20)12(22-3)23-11(21)9(19)8(18)6(16)4(14)2-13/h2-10,12,14-20H,1H3. The number of aliphatic hydroxyl groups is 7. The van der Waals surface area contributed by atoms with E-state index in [1.807, 2.05) is 0 Å². The Bertz CT molecular complexity index is 416. The predicted octanol–water partition coefficient (Wildman–Crippen LogP) is -5.00. The molecule has 9 unspecified atom stereocenters. The van der Waals surface area contributed by atoms with Gasteiger partial charge < -0.3 is 50.0 Å². The van der Waals surface area contributed by atoms with Gasteiger partial charge in [-0.15, -0.1) is 0 Å². The summed E-state index contributed by atoms with van der Waals surface area (Å²) < 4.78 is 9.51. The van der Waals surface area contributed by atoms with Crippen molar-refractivity contribution in [2.75, 3.05) is 0 Å². The largest absolute Gasteiger partial charge is 0.431 e. The Morgan fingerprint density at radius 2 is 1.61 bits per heavy atom. The van der Waals surface area contributed by atoms with Gasteiger partial charge in [0, 0.05) is 0 Å². The SMILES string of the molecule is CC1OC(OC(=O)C(O)C(O)C(O)C(O)C=O)C(O)C(O)C1O. The summed E-state index contributed by atoms with van der Waals surface area (Å²) >= 11 is 0. The van der Waals surface area contributed by atoms with Gasteiger partial charge in [-0.2, -0.15) is 0 Å². The molecule has 134 valence electrons. The molecule has 1 rings (SSSR count). The van der Waals surface area contributed by atoms with Crippen molar-refractivity contribution in [1.29, 1.82) is 0 Å². The Hall–Kier alpha value is -1.18. The lowest BCUT2D eigenvalue weighted by Crippen LogP contribution is -2.58. The average Bonchev–Trinajstić information content (AvgIpc) is 2.54. The molecule has 0 aromatic carbocycles. The second-order valence-electron chi connectivity index (χ2n) is 5.17. The van der Waals surface area contributed by atoms with Crippen LogP contribution in [-0.2, 0) is 19.1 Å². The Labute approximate surface area is 130 Å². The average molecular weight is 340 g/mol. The fraction of sp³-hybridized carbons (Fsp3) is 0.833. The summed E-state index contributed by atoms with van der Waals surface area (Å²) in [6, 6.07) is 0. The van der Waals surface area contributed by atoms with E-state index in [0.29, 0.717) is 0 Å². The van der Waals surface area contributed by atoms with E-state index in [0.717, 1.165) is 0 Å². The molecule has 11 nitrogen and oxygen atoms in total. The highest BCUT2D eigenvalue weighted by atomic mass is 16.7. The molecule has 1 saturated heterocycles. The maximum Gasteiger partial charge on any atom is 0.340 e. The second kappa shape index (κ2) is 8.08.